The molecule has 0 saturated heterocycles. The van der Waals surface area contributed by atoms with Gasteiger partial charge in [-0.3, -0.25) is 0 Å². The van der Waals surface area contributed by atoms with Crippen molar-refractivity contribution in [2.75, 3.05) is 0 Å². The van der Waals surface area contributed by atoms with Gasteiger partial charge in [-0.25, -0.2) is 9.97 Å². The number of benzene rings is 8. The normalized spacial score (nSPS) is 13.1. The number of fused-ring (bicyclic) bond motifs is 10. The van der Waals surface area contributed by atoms with Gasteiger partial charge in [0.25, 0.3) is 0 Å². The Labute approximate surface area is 313 Å². The van der Waals surface area contributed by atoms with Crippen LogP contribution in [0.1, 0.15) is 22.3 Å². The highest BCUT2D eigenvalue weighted by Gasteiger charge is 2.50. The first-order chi connectivity index (χ1) is 26.7. The van der Waals surface area contributed by atoms with E-state index < -0.39 is 5.41 Å². The number of para-hydroxylation sites is 1. The maximum absolute atomic E-state index is 6.77. The second-order valence-electron chi connectivity index (χ2n) is 14.1. The molecule has 11 rings (SSSR count). The van der Waals surface area contributed by atoms with Crippen LogP contribution in [0.25, 0.3) is 66.9 Å². The molecule has 2 aliphatic rings. The molecule has 0 saturated carbocycles. The van der Waals surface area contributed by atoms with Gasteiger partial charge >= 0.3 is 0 Å². The van der Waals surface area contributed by atoms with Gasteiger partial charge in [-0.15, -0.1) is 0 Å². The van der Waals surface area contributed by atoms with Gasteiger partial charge in [-0.2, -0.15) is 0 Å². The number of hydrogen-bond acceptors (Lipinski definition) is 3. The lowest BCUT2D eigenvalue weighted by Gasteiger charge is -2.39. The zero-order valence-corrected chi connectivity index (χ0v) is 29.3. The van der Waals surface area contributed by atoms with E-state index in [1.165, 1.54) is 38.6 Å². The Balaban J connectivity index is 1.01. The monoisotopic (exact) mass is 688 g/mol. The zero-order valence-electron chi connectivity index (χ0n) is 29.3. The fourth-order valence-corrected chi connectivity index (χ4v) is 8.68. The molecule has 8 aromatic carbocycles. The van der Waals surface area contributed by atoms with E-state index >= 15 is 0 Å². The van der Waals surface area contributed by atoms with Crippen LogP contribution in [0.5, 0.6) is 11.5 Å². The second-order valence-corrected chi connectivity index (χ2v) is 14.1. The summed E-state index contributed by atoms with van der Waals surface area (Å²) in [5, 5.41) is 2.39. The Morgan fingerprint density at radius 3 is 1.65 bits per heavy atom. The number of nitrogens with zero attached hydrogens (tertiary/aromatic N) is 2. The van der Waals surface area contributed by atoms with Crippen molar-refractivity contribution in [2.24, 2.45) is 0 Å². The third-order valence-electron chi connectivity index (χ3n) is 11.2. The summed E-state index contributed by atoms with van der Waals surface area (Å²) < 4.78 is 6.77. The first-order valence-corrected chi connectivity index (χ1v) is 18.4. The molecule has 0 radical (unpaired) electrons. The third-order valence-corrected chi connectivity index (χ3v) is 11.2. The van der Waals surface area contributed by atoms with Crippen LogP contribution in [0.4, 0.5) is 0 Å². The Morgan fingerprint density at radius 1 is 0.333 bits per heavy atom. The molecular weight excluding hydrogens is 657 g/mol. The molecule has 0 fully saturated rings. The quantitative estimate of drug-likeness (QED) is 0.185. The summed E-state index contributed by atoms with van der Waals surface area (Å²) in [6.45, 7) is 0. The van der Waals surface area contributed by atoms with E-state index in [0.29, 0.717) is 5.82 Å². The summed E-state index contributed by atoms with van der Waals surface area (Å²) in [5.41, 5.74) is 14.1. The minimum atomic E-state index is -0.466. The van der Waals surface area contributed by atoms with Gasteiger partial charge < -0.3 is 4.74 Å². The summed E-state index contributed by atoms with van der Waals surface area (Å²) in [5.74, 6) is 2.48. The Kier molecular flexibility index (Phi) is 6.77. The van der Waals surface area contributed by atoms with Crippen LogP contribution >= 0.6 is 0 Å². The number of ether oxygens (including phenoxy) is 1. The fourth-order valence-electron chi connectivity index (χ4n) is 8.68. The number of rotatable bonds is 4. The lowest BCUT2D eigenvalue weighted by atomic mass is 9.66. The van der Waals surface area contributed by atoms with Gasteiger partial charge in [0, 0.05) is 27.8 Å². The van der Waals surface area contributed by atoms with Crippen LogP contribution in [0, 0.1) is 0 Å². The van der Waals surface area contributed by atoms with Gasteiger partial charge in [0.15, 0.2) is 5.82 Å². The predicted molar refractivity (Wildman–Crippen MR) is 219 cm³/mol. The SMILES string of the molecule is c1ccc(-c2nc(-c3ccc(-c4ccc5c(c4)Oc4ccccc4C54c5ccccc5-c5ccccc54)cc3)cc(-c3ccc4ccccc4c3)n2)cc1. The van der Waals surface area contributed by atoms with Crippen molar-refractivity contribution in [3.63, 3.8) is 0 Å². The summed E-state index contributed by atoms with van der Waals surface area (Å²) >= 11 is 0. The van der Waals surface area contributed by atoms with Gasteiger partial charge in [0.1, 0.15) is 11.5 Å². The van der Waals surface area contributed by atoms with Crippen LogP contribution in [-0.4, -0.2) is 9.97 Å². The van der Waals surface area contributed by atoms with Gasteiger partial charge in [-0.05, 0) is 68.4 Å². The molecule has 1 aliphatic heterocycles. The molecule has 1 spiro atoms. The minimum Gasteiger partial charge on any atom is -0.457 e. The average Bonchev–Trinajstić information content (AvgIpc) is 3.54. The van der Waals surface area contributed by atoms with Crippen molar-refractivity contribution in [1.82, 2.24) is 9.97 Å². The third kappa shape index (κ3) is 4.62. The zero-order chi connectivity index (χ0) is 35.6. The summed E-state index contributed by atoms with van der Waals surface area (Å²) in [4.78, 5) is 10.2. The van der Waals surface area contributed by atoms with Gasteiger partial charge in [0.2, 0.25) is 0 Å². The molecule has 1 aliphatic carbocycles. The smallest absolute Gasteiger partial charge is 0.160 e. The maximum Gasteiger partial charge on any atom is 0.160 e. The van der Waals surface area contributed by atoms with E-state index in [9.17, 15) is 0 Å². The van der Waals surface area contributed by atoms with E-state index in [1.807, 2.05) is 18.2 Å². The van der Waals surface area contributed by atoms with Gasteiger partial charge in [-0.1, -0.05) is 170 Å². The molecule has 2 heterocycles. The van der Waals surface area contributed by atoms with E-state index in [-0.39, 0.29) is 0 Å². The first-order valence-electron chi connectivity index (χ1n) is 18.4. The van der Waals surface area contributed by atoms with Crippen molar-refractivity contribution >= 4 is 10.8 Å². The van der Waals surface area contributed by atoms with Crippen molar-refractivity contribution in [1.29, 1.82) is 0 Å². The highest BCUT2D eigenvalue weighted by molar-refractivity contribution is 5.90. The van der Waals surface area contributed by atoms with Crippen molar-refractivity contribution < 1.29 is 4.74 Å². The van der Waals surface area contributed by atoms with Crippen LogP contribution in [-0.2, 0) is 5.41 Å². The average molecular weight is 689 g/mol. The summed E-state index contributed by atoms with van der Waals surface area (Å²) in [6.07, 6.45) is 0. The molecule has 3 nitrogen and oxygen atoms in total. The van der Waals surface area contributed by atoms with Crippen molar-refractivity contribution in [2.45, 2.75) is 5.41 Å². The standard InChI is InChI=1S/C51H32N2O/c1-2-13-36(14-3-1)50-52-46(32-47(53-50)39-27-24-33-12-4-5-15-37(33)30-39)35-25-22-34(23-26-35)38-28-29-45-49(31-38)54-48-21-11-10-20-44(48)51(45)42-18-8-6-16-40(42)41-17-7-9-19-43(41)51/h1-32H. The minimum absolute atomic E-state index is 0.466. The largest absolute Gasteiger partial charge is 0.457 e. The molecule has 54 heavy (non-hydrogen) atoms. The van der Waals surface area contributed by atoms with E-state index in [0.717, 1.165) is 56.3 Å². The lowest BCUT2D eigenvalue weighted by Crippen LogP contribution is -2.32. The highest BCUT2D eigenvalue weighted by Crippen LogP contribution is 2.62. The molecule has 1 aromatic heterocycles. The summed E-state index contributed by atoms with van der Waals surface area (Å²) in [7, 11) is 0. The fraction of sp³-hybridized carbons (Fsp3) is 0.0196. The lowest BCUT2D eigenvalue weighted by molar-refractivity contribution is 0.436. The van der Waals surface area contributed by atoms with Crippen LogP contribution in [0.15, 0.2) is 194 Å². The van der Waals surface area contributed by atoms with E-state index in [1.54, 1.807) is 0 Å². The van der Waals surface area contributed by atoms with Crippen LogP contribution < -0.4 is 4.74 Å². The molecule has 0 unspecified atom stereocenters. The Hall–Kier alpha value is -7.10. The number of hydrogen-bond donors (Lipinski definition) is 0. The van der Waals surface area contributed by atoms with Gasteiger partial charge in [0.05, 0.1) is 16.8 Å². The van der Waals surface area contributed by atoms with Crippen molar-refractivity contribution in [3.8, 4) is 67.7 Å². The molecule has 9 aromatic rings. The molecule has 0 amide bonds. The Bertz CT molecular complexity index is 2870. The topological polar surface area (TPSA) is 35.0 Å². The molecule has 3 heteroatoms. The highest BCUT2D eigenvalue weighted by atomic mass is 16.5. The molecule has 0 atom stereocenters. The molecular formula is C51H32N2O. The van der Waals surface area contributed by atoms with Crippen LogP contribution in [0.2, 0.25) is 0 Å². The second kappa shape index (κ2) is 12.0. The maximum atomic E-state index is 6.77. The van der Waals surface area contributed by atoms with Crippen molar-refractivity contribution in [3.05, 3.63) is 216 Å². The molecule has 0 bridgehead atoms. The van der Waals surface area contributed by atoms with E-state index in [2.05, 4.69) is 176 Å². The Morgan fingerprint density at radius 2 is 0.889 bits per heavy atom. The molecule has 252 valence electrons. The summed E-state index contributed by atoms with van der Waals surface area (Å²) in [6, 6.07) is 68.9. The first kappa shape index (κ1) is 30.5. The van der Waals surface area contributed by atoms with E-state index in [4.69, 9.17) is 14.7 Å². The number of aromatic nitrogens is 2. The molecule has 0 N–H and O–H groups in total. The predicted octanol–water partition coefficient (Wildman–Crippen LogP) is 12.8. The van der Waals surface area contributed by atoms with Crippen LogP contribution in [0.3, 0.4) is 0 Å².